The van der Waals surface area contributed by atoms with Crippen LogP contribution in [0, 0.1) is 20.8 Å². The van der Waals surface area contributed by atoms with E-state index >= 15 is 0 Å². The molecule has 2 N–H and O–H groups in total. The van der Waals surface area contributed by atoms with E-state index in [2.05, 4.69) is 0 Å². The van der Waals surface area contributed by atoms with Crippen LogP contribution in [0.15, 0.2) is 6.07 Å². The standard InChI is InChI=1S/C14H22O3/c1-9-8-12(13(16)6-5-7-15)10(2)11(3)14(9)17-4/h8,13,15-16H,5-7H2,1-4H3. The van der Waals surface area contributed by atoms with Crippen LogP contribution in [-0.2, 0) is 0 Å². The van der Waals surface area contributed by atoms with Gasteiger partial charge in [-0.25, -0.2) is 0 Å². The van der Waals surface area contributed by atoms with Crippen LogP contribution in [0.2, 0.25) is 0 Å². The van der Waals surface area contributed by atoms with Gasteiger partial charge in [-0.1, -0.05) is 0 Å². The number of aliphatic hydroxyl groups is 2. The van der Waals surface area contributed by atoms with Crippen molar-refractivity contribution in [2.24, 2.45) is 0 Å². The molecule has 0 saturated heterocycles. The van der Waals surface area contributed by atoms with Crippen LogP contribution in [-0.4, -0.2) is 23.9 Å². The van der Waals surface area contributed by atoms with Crippen molar-refractivity contribution in [3.63, 3.8) is 0 Å². The summed E-state index contributed by atoms with van der Waals surface area (Å²) in [5, 5.41) is 18.9. The van der Waals surface area contributed by atoms with Crippen molar-refractivity contribution in [3.05, 3.63) is 28.3 Å². The van der Waals surface area contributed by atoms with Gasteiger partial charge in [0.05, 0.1) is 13.2 Å². The molecule has 1 aromatic carbocycles. The second-order valence-electron chi connectivity index (χ2n) is 4.45. The Kier molecular flexibility index (Phi) is 4.97. The van der Waals surface area contributed by atoms with Gasteiger partial charge in [0.15, 0.2) is 0 Å². The number of benzene rings is 1. The molecule has 17 heavy (non-hydrogen) atoms. The maximum Gasteiger partial charge on any atom is 0.124 e. The summed E-state index contributed by atoms with van der Waals surface area (Å²) in [5.41, 5.74) is 4.12. The van der Waals surface area contributed by atoms with E-state index < -0.39 is 6.10 Å². The average molecular weight is 238 g/mol. The van der Waals surface area contributed by atoms with Crippen LogP contribution in [0.1, 0.15) is 41.2 Å². The van der Waals surface area contributed by atoms with E-state index in [1.54, 1.807) is 7.11 Å². The first-order chi connectivity index (χ1) is 8.02. The van der Waals surface area contributed by atoms with Crippen molar-refractivity contribution in [2.45, 2.75) is 39.7 Å². The Morgan fingerprint density at radius 3 is 2.41 bits per heavy atom. The summed E-state index contributed by atoms with van der Waals surface area (Å²) in [6.45, 7) is 6.09. The Bertz CT molecular complexity index is 386. The number of aliphatic hydroxyl groups excluding tert-OH is 2. The smallest absolute Gasteiger partial charge is 0.124 e. The summed E-state index contributed by atoms with van der Waals surface area (Å²) < 4.78 is 5.35. The highest BCUT2D eigenvalue weighted by atomic mass is 16.5. The van der Waals surface area contributed by atoms with E-state index in [-0.39, 0.29) is 6.61 Å². The summed E-state index contributed by atoms with van der Waals surface area (Å²) in [6, 6.07) is 1.98. The van der Waals surface area contributed by atoms with E-state index in [1.165, 1.54) is 0 Å². The van der Waals surface area contributed by atoms with Gasteiger partial charge in [0.25, 0.3) is 0 Å². The minimum Gasteiger partial charge on any atom is -0.496 e. The molecule has 0 heterocycles. The number of rotatable bonds is 5. The van der Waals surface area contributed by atoms with Gasteiger partial charge in [0.1, 0.15) is 5.75 Å². The Balaban J connectivity index is 3.09. The van der Waals surface area contributed by atoms with Crippen LogP contribution in [0.5, 0.6) is 5.75 Å². The second kappa shape index (κ2) is 6.03. The molecule has 0 saturated carbocycles. The molecule has 1 unspecified atom stereocenters. The molecule has 0 aliphatic heterocycles. The number of hydrogen-bond donors (Lipinski definition) is 2. The van der Waals surface area contributed by atoms with E-state index in [4.69, 9.17) is 9.84 Å². The van der Waals surface area contributed by atoms with E-state index in [9.17, 15) is 5.11 Å². The Hall–Kier alpha value is -1.06. The number of hydrogen-bond acceptors (Lipinski definition) is 3. The SMILES string of the molecule is COc1c(C)cc(C(O)CCCO)c(C)c1C. The minimum absolute atomic E-state index is 0.115. The van der Waals surface area contributed by atoms with Crippen molar-refractivity contribution in [1.82, 2.24) is 0 Å². The normalized spacial score (nSPS) is 12.6. The fourth-order valence-corrected chi connectivity index (χ4v) is 2.19. The average Bonchev–Trinajstić information content (AvgIpc) is 2.31. The third-order valence-electron chi connectivity index (χ3n) is 3.27. The van der Waals surface area contributed by atoms with Crippen molar-refractivity contribution in [2.75, 3.05) is 13.7 Å². The lowest BCUT2D eigenvalue weighted by Crippen LogP contribution is -2.05. The first-order valence-electron chi connectivity index (χ1n) is 5.96. The van der Waals surface area contributed by atoms with Crippen LogP contribution in [0.3, 0.4) is 0 Å². The molecule has 0 radical (unpaired) electrons. The Morgan fingerprint density at radius 1 is 1.24 bits per heavy atom. The molecule has 0 spiro atoms. The van der Waals surface area contributed by atoms with Gasteiger partial charge < -0.3 is 14.9 Å². The van der Waals surface area contributed by atoms with Crippen LogP contribution in [0.4, 0.5) is 0 Å². The maximum atomic E-state index is 10.1. The summed E-state index contributed by atoms with van der Waals surface area (Å²) in [6.07, 6.45) is 0.693. The fraction of sp³-hybridized carbons (Fsp3) is 0.571. The second-order valence-corrected chi connectivity index (χ2v) is 4.45. The molecule has 0 aromatic heterocycles. The molecule has 96 valence electrons. The first-order valence-corrected chi connectivity index (χ1v) is 5.96. The lowest BCUT2D eigenvalue weighted by atomic mass is 9.93. The molecule has 0 fully saturated rings. The molecule has 0 aliphatic carbocycles. The zero-order valence-electron chi connectivity index (χ0n) is 11.1. The highest BCUT2D eigenvalue weighted by Gasteiger charge is 2.16. The monoisotopic (exact) mass is 238 g/mol. The summed E-state index contributed by atoms with van der Waals surface area (Å²) in [4.78, 5) is 0. The van der Waals surface area contributed by atoms with Gasteiger partial charge in [0, 0.05) is 6.61 Å². The molecule has 3 heteroatoms. The highest BCUT2D eigenvalue weighted by Crippen LogP contribution is 2.32. The largest absolute Gasteiger partial charge is 0.496 e. The lowest BCUT2D eigenvalue weighted by molar-refractivity contribution is 0.151. The summed E-state index contributed by atoms with van der Waals surface area (Å²) in [5.74, 6) is 0.889. The van der Waals surface area contributed by atoms with Crippen molar-refractivity contribution >= 4 is 0 Å². The molecule has 1 aromatic rings. The van der Waals surface area contributed by atoms with Gasteiger partial charge in [-0.2, -0.15) is 0 Å². The summed E-state index contributed by atoms with van der Waals surface area (Å²) in [7, 11) is 1.66. The number of aryl methyl sites for hydroxylation is 1. The summed E-state index contributed by atoms with van der Waals surface area (Å²) >= 11 is 0. The van der Waals surface area contributed by atoms with Gasteiger partial charge in [-0.15, -0.1) is 0 Å². The van der Waals surface area contributed by atoms with E-state index in [0.29, 0.717) is 12.8 Å². The molecule has 1 atom stereocenters. The van der Waals surface area contributed by atoms with Gasteiger partial charge in [-0.3, -0.25) is 0 Å². The van der Waals surface area contributed by atoms with Gasteiger partial charge >= 0.3 is 0 Å². The fourth-order valence-electron chi connectivity index (χ4n) is 2.19. The third-order valence-corrected chi connectivity index (χ3v) is 3.27. The quantitative estimate of drug-likeness (QED) is 0.828. The van der Waals surface area contributed by atoms with Crippen molar-refractivity contribution in [3.8, 4) is 5.75 Å². The Labute approximate surface area is 103 Å². The molecular formula is C14H22O3. The molecule has 1 rings (SSSR count). The van der Waals surface area contributed by atoms with Crippen LogP contribution < -0.4 is 4.74 Å². The van der Waals surface area contributed by atoms with Crippen LogP contribution >= 0.6 is 0 Å². The number of ether oxygens (including phenoxy) is 1. The first kappa shape index (κ1) is 14.0. The van der Waals surface area contributed by atoms with Gasteiger partial charge in [-0.05, 0) is 61.9 Å². The predicted octanol–water partition coefficient (Wildman–Crippen LogP) is 2.43. The van der Waals surface area contributed by atoms with Crippen LogP contribution in [0.25, 0.3) is 0 Å². The molecular weight excluding hydrogens is 216 g/mol. The van der Waals surface area contributed by atoms with Crippen molar-refractivity contribution < 1.29 is 14.9 Å². The predicted molar refractivity (Wildman–Crippen MR) is 68.5 cm³/mol. The zero-order valence-corrected chi connectivity index (χ0v) is 11.1. The minimum atomic E-state index is -0.509. The topological polar surface area (TPSA) is 49.7 Å². The lowest BCUT2D eigenvalue weighted by Gasteiger charge is -2.19. The number of methoxy groups -OCH3 is 1. The van der Waals surface area contributed by atoms with E-state index in [1.807, 2.05) is 26.8 Å². The van der Waals surface area contributed by atoms with Gasteiger partial charge in [0.2, 0.25) is 0 Å². The molecule has 0 aliphatic rings. The molecule has 3 nitrogen and oxygen atoms in total. The molecule has 0 bridgehead atoms. The highest BCUT2D eigenvalue weighted by molar-refractivity contribution is 5.49. The molecule has 0 amide bonds. The Morgan fingerprint density at radius 2 is 1.88 bits per heavy atom. The zero-order chi connectivity index (χ0) is 13.0. The maximum absolute atomic E-state index is 10.1. The van der Waals surface area contributed by atoms with E-state index in [0.717, 1.165) is 28.0 Å². The van der Waals surface area contributed by atoms with Crippen molar-refractivity contribution in [1.29, 1.82) is 0 Å². The third kappa shape index (κ3) is 2.99.